The van der Waals surface area contributed by atoms with Crippen molar-refractivity contribution >= 4 is 23.0 Å². The van der Waals surface area contributed by atoms with Gasteiger partial charge in [0.05, 0.1) is 24.9 Å². The van der Waals surface area contributed by atoms with Crippen LogP contribution in [0.2, 0.25) is 5.02 Å². The summed E-state index contributed by atoms with van der Waals surface area (Å²) in [6, 6.07) is 14.1. The van der Waals surface area contributed by atoms with Crippen molar-refractivity contribution in [2.45, 2.75) is 19.9 Å². The van der Waals surface area contributed by atoms with E-state index in [1.54, 1.807) is 32.2 Å². The van der Waals surface area contributed by atoms with Crippen LogP contribution in [0.3, 0.4) is 0 Å². The van der Waals surface area contributed by atoms with Gasteiger partial charge in [0, 0.05) is 12.1 Å². The number of nitriles is 1. The zero-order valence-corrected chi connectivity index (χ0v) is 18.6. The molecule has 0 radical (unpaired) electrons. The van der Waals surface area contributed by atoms with Crippen LogP contribution in [0.15, 0.2) is 57.5 Å². The highest BCUT2D eigenvalue weighted by Gasteiger charge is 2.19. The fourth-order valence-corrected chi connectivity index (χ4v) is 3.37. The molecule has 3 rings (SSSR count). The van der Waals surface area contributed by atoms with Gasteiger partial charge in [-0.05, 0) is 49.2 Å². The third-order valence-electron chi connectivity index (χ3n) is 4.95. The first-order valence-electron chi connectivity index (χ1n) is 9.64. The van der Waals surface area contributed by atoms with Crippen molar-refractivity contribution in [3.05, 3.63) is 74.5 Å². The second-order valence-electron chi connectivity index (χ2n) is 6.86. The average Bonchev–Trinajstić information content (AvgIpc) is 2.79. The summed E-state index contributed by atoms with van der Waals surface area (Å²) in [4.78, 5) is 13.1. The number of hydrogen-bond acceptors (Lipinski definition) is 7. The summed E-state index contributed by atoms with van der Waals surface area (Å²) < 4.78 is 11.4. The predicted octanol–water partition coefficient (Wildman–Crippen LogP) is 5.06. The number of pyridine rings is 1. The van der Waals surface area contributed by atoms with Crippen LogP contribution < -0.4 is 15.0 Å². The lowest BCUT2D eigenvalue weighted by atomic mass is 10.1. The molecule has 0 unspecified atom stereocenters. The number of rotatable bonds is 7. The van der Waals surface area contributed by atoms with Crippen molar-refractivity contribution in [1.82, 2.24) is 4.57 Å². The molecule has 9 heteroatoms. The summed E-state index contributed by atoms with van der Waals surface area (Å²) in [6.07, 6.45) is 0.454. The number of benzene rings is 2. The van der Waals surface area contributed by atoms with E-state index in [9.17, 15) is 15.2 Å². The van der Waals surface area contributed by atoms with Gasteiger partial charge < -0.3 is 14.6 Å². The maximum Gasteiger partial charge on any atom is 0.281 e. The predicted molar refractivity (Wildman–Crippen MR) is 121 cm³/mol. The van der Waals surface area contributed by atoms with Crippen LogP contribution in [-0.2, 0) is 13.0 Å². The minimum atomic E-state index is -0.545. The Labute approximate surface area is 189 Å². The molecule has 0 aliphatic rings. The van der Waals surface area contributed by atoms with Crippen LogP contribution >= 0.6 is 11.6 Å². The molecular weight excluding hydrogens is 432 g/mol. The SMILES string of the molecule is COc1ccc(CCn2c(O)c(C#N)c(C)c(N=Nc3ccc(OC)c(Cl)c3)c2=O)cc1. The van der Waals surface area contributed by atoms with E-state index in [2.05, 4.69) is 10.2 Å². The number of methoxy groups -OCH3 is 2. The smallest absolute Gasteiger partial charge is 0.281 e. The van der Waals surface area contributed by atoms with Gasteiger partial charge in [0.15, 0.2) is 5.69 Å². The minimum absolute atomic E-state index is 0.0268. The second-order valence-corrected chi connectivity index (χ2v) is 7.26. The van der Waals surface area contributed by atoms with Crippen LogP contribution in [0.4, 0.5) is 11.4 Å². The van der Waals surface area contributed by atoms with Gasteiger partial charge in [0.2, 0.25) is 5.88 Å². The first-order chi connectivity index (χ1) is 15.4. The molecule has 1 aromatic heterocycles. The van der Waals surface area contributed by atoms with Crippen molar-refractivity contribution in [3.63, 3.8) is 0 Å². The van der Waals surface area contributed by atoms with Crippen LogP contribution in [0.1, 0.15) is 16.7 Å². The molecule has 0 saturated carbocycles. The number of nitrogens with zero attached hydrogens (tertiary/aromatic N) is 4. The van der Waals surface area contributed by atoms with E-state index in [1.165, 1.54) is 7.11 Å². The molecule has 2 aromatic carbocycles. The monoisotopic (exact) mass is 452 g/mol. The highest BCUT2D eigenvalue weighted by molar-refractivity contribution is 6.32. The van der Waals surface area contributed by atoms with Gasteiger partial charge in [-0.3, -0.25) is 9.36 Å². The van der Waals surface area contributed by atoms with Crippen molar-refractivity contribution in [2.24, 2.45) is 10.2 Å². The Morgan fingerprint density at radius 3 is 2.44 bits per heavy atom. The maximum absolute atomic E-state index is 13.1. The first-order valence-corrected chi connectivity index (χ1v) is 10.0. The van der Waals surface area contributed by atoms with Crippen molar-refractivity contribution in [2.75, 3.05) is 14.2 Å². The first kappa shape index (κ1) is 22.8. The molecule has 32 heavy (non-hydrogen) atoms. The van der Waals surface area contributed by atoms with E-state index in [-0.39, 0.29) is 23.4 Å². The number of aromatic hydroxyl groups is 1. The quantitative estimate of drug-likeness (QED) is 0.503. The summed E-state index contributed by atoms with van der Waals surface area (Å²) in [5, 5.41) is 28.6. The maximum atomic E-state index is 13.1. The third-order valence-corrected chi connectivity index (χ3v) is 5.25. The fraction of sp³-hybridized carbons (Fsp3) is 0.217. The third kappa shape index (κ3) is 4.74. The van der Waals surface area contributed by atoms with Crippen molar-refractivity contribution in [1.29, 1.82) is 5.26 Å². The minimum Gasteiger partial charge on any atom is -0.497 e. The lowest BCUT2D eigenvalue weighted by Gasteiger charge is -2.13. The van der Waals surface area contributed by atoms with E-state index >= 15 is 0 Å². The zero-order valence-electron chi connectivity index (χ0n) is 17.8. The highest BCUT2D eigenvalue weighted by atomic mass is 35.5. The van der Waals surface area contributed by atoms with Crippen molar-refractivity contribution in [3.8, 4) is 23.4 Å². The normalized spacial score (nSPS) is 10.8. The van der Waals surface area contributed by atoms with Crippen LogP contribution in [-0.4, -0.2) is 23.9 Å². The standard InChI is InChI=1S/C23H21ClN4O4/c1-14-18(13-25)22(29)28(11-10-15-4-7-17(31-2)8-5-15)23(30)21(14)27-26-16-6-9-20(32-3)19(24)12-16/h4-9,12,29H,10-11H2,1-3H3. The van der Waals surface area contributed by atoms with Gasteiger partial charge in [0.25, 0.3) is 5.56 Å². The van der Waals surface area contributed by atoms with Crippen LogP contribution in [0.25, 0.3) is 0 Å². The van der Waals surface area contributed by atoms with Gasteiger partial charge in [0.1, 0.15) is 23.1 Å². The summed E-state index contributed by atoms with van der Waals surface area (Å²) in [5.74, 6) is 0.811. The van der Waals surface area contributed by atoms with Gasteiger partial charge in [-0.15, -0.1) is 5.11 Å². The van der Waals surface area contributed by atoms with E-state index in [0.717, 1.165) is 15.9 Å². The van der Waals surface area contributed by atoms with Gasteiger partial charge in [-0.25, -0.2) is 0 Å². The molecule has 0 spiro atoms. The molecule has 164 valence electrons. The molecule has 0 aliphatic carbocycles. The second kappa shape index (κ2) is 9.98. The van der Waals surface area contributed by atoms with E-state index in [1.807, 2.05) is 30.3 Å². The lowest BCUT2D eigenvalue weighted by Crippen LogP contribution is -2.22. The Kier molecular flexibility index (Phi) is 7.13. The molecule has 8 nitrogen and oxygen atoms in total. The number of aromatic nitrogens is 1. The van der Waals surface area contributed by atoms with E-state index in [0.29, 0.717) is 22.9 Å². The molecule has 1 heterocycles. The van der Waals surface area contributed by atoms with Crippen molar-refractivity contribution < 1.29 is 14.6 Å². The largest absolute Gasteiger partial charge is 0.497 e. The molecule has 0 aliphatic heterocycles. The Balaban J connectivity index is 1.96. The lowest BCUT2D eigenvalue weighted by molar-refractivity contribution is 0.403. The summed E-state index contributed by atoms with van der Waals surface area (Å²) in [6.45, 7) is 1.70. The number of ether oxygens (including phenoxy) is 2. The number of azo groups is 1. The fourth-order valence-electron chi connectivity index (χ4n) is 3.12. The van der Waals surface area contributed by atoms with Gasteiger partial charge in [-0.2, -0.15) is 10.4 Å². The molecule has 0 fully saturated rings. The molecule has 1 N–H and O–H groups in total. The Morgan fingerprint density at radius 2 is 1.84 bits per heavy atom. The highest BCUT2D eigenvalue weighted by Crippen LogP contribution is 2.31. The Bertz CT molecular complexity index is 1260. The summed E-state index contributed by atoms with van der Waals surface area (Å²) >= 11 is 6.11. The molecule has 0 atom stereocenters. The van der Waals surface area contributed by atoms with Gasteiger partial charge >= 0.3 is 0 Å². The number of aryl methyl sites for hydroxylation is 1. The molecule has 0 amide bonds. The molecule has 0 saturated heterocycles. The van der Waals surface area contributed by atoms with Crippen LogP contribution in [0, 0.1) is 18.3 Å². The topological polar surface area (TPSA) is 109 Å². The van der Waals surface area contributed by atoms with Gasteiger partial charge in [-0.1, -0.05) is 23.7 Å². The molecule has 3 aromatic rings. The number of halogens is 1. The summed E-state index contributed by atoms with van der Waals surface area (Å²) in [7, 11) is 3.08. The molecule has 0 bridgehead atoms. The van der Waals surface area contributed by atoms with Crippen LogP contribution in [0.5, 0.6) is 17.4 Å². The van der Waals surface area contributed by atoms with E-state index in [4.69, 9.17) is 21.1 Å². The average molecular weight is 453 g/mol. The summed E-state index contributed by atoms with van der Waals surface area (Å²) in [5.41, 5.74) is 0.996. The Hall–Kier alpha value is -3.83. The molecular formula is C23H21ClN4O4. The number of hydrogen-bond donors (Lipinski definition) is 1. The zero-order chi connectivity index (χ0) is 23.3. The van der Waals surface area contributed by atoms with E-state index < -0.39 is 11.4 Å². The Morgan fingerprint density at radius 1 is 1.12 bits per heavy atom.